The molecule has 1 rings (SSSR count). The van der Waals surface area contributed by atoms with Crippen LogP contribution in [-0.4, -0.2) is 17.2 Å². The van der Waals surface area contributed by atoms with Crippen molar-refractivity contribution in [2.75, 3.05) is 0 Å². The Kier molecular flexibility index (Phi) is 6.02. The summed E-state index contributed by atoms with van der Waals surface area (Å²) in [6, 6.07) is 5.45. The van der Waals surface area contributed by atoms with Gasteiger partial charge in [-0.15, -0.1) is 0 Å². The Hall–Kier alpha value is -1.23. The van der Waals surface area contributed by atoms with E-state index in [9.17, 15) is 4.79 Å². The number of hydrogen-bond donors (Lipinski definition) is 1. The van der Waals surface area contributed by atoms with Gasteiger partial charge in [-0.1, -0.05) is 25.9 Å². The fourth-order valence-corrected chi connectivity index (χ4v) is 1.20. The minimum absolute atomic E-state index is 0. The molecule has 0 fully saturated rings. The van der Waals surface area contributed by atoms with Gasteiger partial charge in [0, 0.05) is 17.5 Å². The van der Waals surface area contributed by atoms with E-state index in [0.29, 0.717) is 5.69 Å². The van der Waals surface area contributed by atoms with Crippen molar-refractivity contribution >= 4 is 12.0 Å². The molecule has 0 unspecified atom stereocenters. The number of Topliss-reactive ketones (excluding diaryl/α,β-unsaturated/α-hetero) is 1. The Morgan fingerprint density at radius 2 is 2.12 bits per heavy atom. The minimum atomic E-state index is -0.365. The molecule has 1 N–H and O–H groups in total. The maximum atomic E-state index is 11.9. The van der Waals surface area contributed by atoms with Gasteiger partial charge in [0.15, 0.2) is 6.20 Å². The molecule has 1 aromatic heterocycles. The lowest BCUT2D eigenvalue weighted by Crippen LogP contribution is -3.00. The van der Waals surface area contributed by atoms with Crippen LogP contribution in [0, 0.1) is 5.41 Å². The average Bonchev–Trinajstić information content (AvgIpc) is 2.20. The Bertz CT molecular complexity index is 411. The van der Waals surface area contributed by atoms with Gasteiger partial charge in [0.1, 0.15) is 6.21 Å². The number of oxime groups is 1. The van der Waals surface area contributed by atoms with Gasteiger partial charge in [-0.25, -0.2) is 0 Å². The first-order valence-corrected chi connectivity index (χ1v) is 5.14. The van der Waals surface area contributed by atoms with Gasteiger partial charge in [0.05, 0.1) is 0 Å². The smallest absolute Gasteiger partial charge is 0.227 e. The SMILES string of the molecule is CC(C)(C)C(=O)C[n+]1ccccc1/C=N/O.[Br-]. The van der Waals surface area contributed by atoms with Crippen LogP contribution in [0.2, 0.25) is 0 Å². The number of pyridine rings is 1. The van der Waals surface area contributed by atoms with Crippen LogP contribution in [0.15, 0.2) is 29.6 Å². The van der Waals surface area contributed by atoms with Crippen molar-refractivity contribution in [2.24, 2.45) is 10.6 Å². The monoisotopic (exact) mass is 300 g/mol. The van der Waals surface area contributed by atoms with Gasteiger partial charge in [-0.2, -0.15) is 4.57 Å². The number of rotatable bonds is 3. The number of nitrogens with zero attached hydrogens (tertiary/aromatic N) is 2. The average molecular weight is 301 g/mol. The fraction of sp³-hybridized carbons (Fsp3) is 0.417. The van der Waals surface area contributed by atoms with Crippen LogP contribution in [0.25, 0.3) is 0 Å². The van der Waals surface area contributed by atoms with Crippen molar-refractivity contribution in [3.63, 3.8) is 0 Å². The van der Waals surface area contributed by atoms with Crippen LogP contribution in [0.4, 0.5) is 0 Å². The van der Waals surface area contributed by atoms with Crippen LogP contribution >= 0.6 is 0 Å². The van der Waals surface area contributed by atoms with E-state index in [-0.39, 0.29) is 34.7 Å². The summed E-state index contributed by atoms with van der Waals surface area (Å²) in [6.07, 6.45) is 3.11. The summed E-state index contributed by atoms with van der Waals surface area (Å²) in [5.74, 6) is 0.135. The molecule has 0 bridgehead atoms. The lowest BCUT2D eigenvalue weighted by Gasteiger charge is -2.14. The van der Waals surface area contributed by atoms with Gasteiger partial charge < -0.3 is 22.2 Å². The molecule has 4 nitrogen and oxygen atoms in total. The van der Waals surface area contributed by atoms with E-state index in [4.69, 9.17) is 5.21 Å². The zero-order chi connectivity index (χ0) is 12.2. The number of halogens is 1. The highest BCUT2D eigenvalue weighted by molar-refractivity contribution is 5.82. The standard InChI is InChI=1S/C12H16N2O2.BrH/c1-12(2,3)11(15)9-14-7-5-4-6-10(14)8-13-16;/h4-8H,9H2,1-3H3;1H. The molecule has 1 heterocycles. The Morgan fingerprint density at radius 1 is 1.47 bits per heavy atom. The zero-order valence-corrected chi connectivity index (χ0v) is 11.8. The van der Waals surface area contributed by atoms with Gasteiger partial charge in [-0.3, -0.25) is 4.79 Å². The summed E-state index contributed by atoms with van der Waals surface area (Å²) in [7, 11) is 0. The third-order valence-electron chi connectivity index (χ3n) is 2.32. The van der Waals surface area contributed by atoms with Crippen LogP contribution in [0.5, 0.6) is 0 Å². The Labute approximate surface area is 112 Å². The molecule has 5 heteroatoms. The zero-order valence-electron chi connectivity index (χ0n) is 10.2. The molecule has 0 aliphatic rings. The molecular weight excluding hydrogens is 284 g/mol. The van der Waals surface area contributed by atoms with Gasteiger partial charge >= 0.3 is 0 Å². The van der Waals surface area contributed by atoms with E-state index >= 15 is 0 Å². The molecular formula is C12H17BrN2O2. The summed E-state index contributed by atoms with van der Waals surface area (Å²) < 4.78 is 1.76. The van der Waals surface area contributed by atoms with Crippen LogP contribution < -0.4 is 21.5 Å². The van der Waals surface area contributed by atoms with Gasteiger partial charge in [0.2, 0.25) is 18.0 Å². The second-order valence-electron chi connectivity index (χ2n) is 4.67. The fourth-order valence-electron chi connectivity index (χ4n) is 1.20. The number of aromatic nitrogens is 1. The Morgan fingerprint density at radius 3 is 2.65 bits per heavy atom. The summed E-state index contributed by atoms with van der Waals surface area (Å²) in [4.78, 5) is 11.9. The van der Waals surface area contributed by atoms with Crippen molar-refractivity contribution in [3.05, 3.63) is 30.1 Å². The van der Waals surface area contributed by atoms with E-state index in [1.807, 2.05) is 32.9 Å². The number of hydrogen-bond acceptors (Lipinski definition) is 3. The molecule has 0 amide bonds. The van der Waals surface area contributed by atoms with E-state index in [1.165, 1.54) is 6.21 Å². The highest BCUT2D eigenvalue weighted by Gasteiger charge is 2.25. The lowest BCUT2D eigenvalue weighted by atomic mass is 9.91. The van der Waals surface area contributed by atoms with Crippen molar-refractivity contribution in [1.29, 1.82) is 0 Å². The predicted octanol–water partition coefficient (Wildman–Crippen LogP) is -1.60. The first kappa shape index (κ1) is 15.8. The van der Waals surface area contributed by atoms with Crippen LogP contribution in [0.1, 0.15) is 26.5 Å². The van der Waals surface area contributed by atoms with Crippen LogP contribution in [0.3, 0.4) is 0 Å². The number of ketones is 1. The van der Waals surface area contributed by atoms with Crippen molar-refractivity contribution in [3.8, 4) is 0 Å². The molecule has 0 spiro atoms. The number of carbonyl (C=O) groups is 1. The van der Waals surface area contributed by atoms with E-state index in [1.54, 1.807) is 16.8 Å². The topological polar surface area (TPSA) is 53.5 Å². The molecule has 0 aliphatic carbocycles. The number of carbonyl (C=O) groups excluding carboxylic acids is 1. The van der Waals surface area contributed by atoms with Crippen molar-refractivity contribution < 1.29 is 31.6 Å². The summed E-state index contributed by atoms with van der Waals surface area (Å²) in [6.45, 7) is 5.95. The second kappa shape index (κ2) is 6.49. The Balaban J connectivity index is 0.00000256. The molecule has 17 heavy (non-hydrogen) atoms. The highest BCUT2D eigenvalue weighted by Crippen LogP contribution is 2.14. The molecule has 94 valence electrons. The maximum absolute atomic E-state index is 11.9. The van der Waals surface area contributed by atoms with Crippen molar-refractivity contribution in [1.82, 2.24) is 0 Å². The lowest BCUT2D eigenvalue weighted by molar-refractivity contribution is -0.685. The van der Waals surface area contributed by atoms with Gasteiger partial charge in [-0.05, 0) is 6.07 Å². The first-order valence-electron chi connectivity index (χ1n) is 5.14. The molecule has 0 aliphatic heterocycles. The third kappa shape index (κ3) is 4.65. The van der Waals surface area contributed by atoms with Crippen LogP contribution in [-0.2, 0) is 11.3 Å². The second-order valence-corrected chi connectivity index (χ2v) is 4.67. The largest absolute Gasteiger partial charge is 1.00 e. The quantitative estimate of drug-likeness (QED) is 0.316. The van der Waals surface area contributed by atoms with E-state index in [2.05, 4.69) is 5.16 Å². The maximum Gasteiger partial charge on any atom is 0.227 e. The predicted molar refractivity (Wildman–Crippen MR) is 60.5 cm³/mol. The molecule has 0 radical (unpaired) electrons. The minimum Gasteiger partial charge on any atom is -1.00 e. The first-order chi connectivity index (χ1) is 7.45. The van der Waals surface area contributed by atoms with Gasteiger partial charge in [0.25, 0.3) is 0 Å². The highest BCUT2D eigenvalue weighted by atomic mass is 79.9. The molecule has 0 aromatic carbocycles. The van der Waals surface area contributed by atoms with Crippen molar-refractivity contribution in [2.45, 2.75) is 27.3 Å². The molecule has 1 aromatic rings. The molecule has 0 saturated carbocycles. The molecule has 0 atom stereocenters. The van der Waals surface area contributed by atoms with E-state index < -0.39 is 0 Å². The third-order valence-corrected chi connectivity index (χ3v) is 2.32. The molecule has 0 saturated heterocycles. The van der Waals surface area contributed by atoms with E-state index in [0.717, 1.165) is 0 Å². The summed E-state index contributed by atoms with van der Waals surface area (Å²) in [5, 5.41) is 11.5. The summed E-state index contributed by atoms with van der Waals surface area (Å²) >= 11 is 0. The normalized spacial score (nSPS) is 11.2. The summed E-state index contributed by atoms with van der Waals surface area (Å²) in [5.41, 5.74) is 0.332.